The average molecular weight is 316 g/mol. The van der Waals surface area contributed by atoms with Crippen LogP contribution in [0, 0.1) is 11.3 Å². The fourth-order valence-electron chi connectivity index (χ4n) is 2.59. The first-order valence-corrected chi connectivity index (χ1v) is 7.99. The Labute approximate surface area is 137 Å². The number of piperidine rings is 1. The summed E-state index contributed by atoms with van der Waals surface area (Å²) >= 11 is 0. The number of aromatic nitrogens is 1. The molecular formula is C17H24N4O2. The van der Waals surface area contributed by atoms with Crippen LogP contribution in [0.5, 0.6) is 0 Å². The lowest BCUT2D eigenvalue weighted by atomic mass is 10.0. The summed E-state index contributed by atoms with van der Waals surface area (Å²) in [4.78, 5) is 18.4. The Morgan fingerprint density at radius 2 is 2.30 bits per heavy atom. The van der Waals surface area contributed by atoms with Gasteiger partial charge in [-0.1, -0.05) is 0 Å². The van der Waals surface area contributed by atoms with Gasteiger partial charge in [0, 0.05) is 19.3 Å². The molecule has 23 heavy (non-hydrogen) atoms. The molecule has 1 aromatic heterocycles. The maximum Gasteiger partial charge on any atom is 0.410 e. The molecule has 0 unspecified atom stereocenters. The Balaban J connectivity index is 1.98. The average Bonchev–Trinajstić information content (AvgIpc) is 2.52. The summed E-state index contributed by atoms with van der Waals surface area (Å²) in [6, 6.07) is 5.54. The van der Waals surface area contributed by atoms with Gasteiger partial charge in [0.15, 0.2) is 0 Å². The van der Waals surface area contributed by atoms with E-state index in [-0.39, 0.29) is 12.1 Å². The van der Waals surface area contributed by atoms with Crippen molar-refractivity contribution in [2.45, 2.75) is 51.7 Å². The molecule has 6 heteroatoms. The molecule has 1 aliphatic rings. The normalized spacial score (nSPS) is 18.2. The van der Waals surface area contributed by atoms with E-state index in [0.717, 1.165) is 19.3 Å². The van der Waals surface area contributed by atoms with Crippen molar-refractivity contribution in [1.29, 1.82) is 5.26 Å². The van der Waals surface area contributed by atoms with Gasteiger partial charge >= 0.3 is 6.09 Å². The van der Waals surface area contributed by atoms with Gasteiger partial charge in [-0.05, 0) is 52.2 Å². The van der Waals surface area contributed by atoms with Crippen LogP contribution in [-0.2, 0) is 4.74 Å². The number of carbonyl (C=O) groups is 1. The lowest BCUT2D eigenvalue weighted by molar-refractivity contribution is 0.0114. The molecular weight excluding hydrogens is 292 g/mol. The molecule has 2 heterocycles. The smallest absolute Gasteiger partial charge is 0.410 e. The second kappa shape index (κ2) is 7.32. The molecule has 1 saturated heterocycles. The molecule has 0 spiro atoms. The van der Waals surface area contributed by atoms with Gasteiger partial charge in [0.05, 0.1) is 17.7 Å². The number of carbonyl (C=O) groups excluding carboxylic acids is 1. The molecule has 6 nitrogen and oxygen atoms in total. The van der Waals surface area contributed by atoms with Gasteiger partial charge in [-0.3, -0.25) is 0 Å². The van der Waals surface area contributed by atoms with Crippen molar-refractivity contribution < 1.29 is 9.53 Å². The minimum absolute atomic E-state index is 0.0751. The molecule has 0 radical (unpaired) electrons. The monoisotopic (exact) mass is 316 g/mol. The quantitative estimate of drug-likeness (QED) is 0.926. The highest BCUT2D eigenvalue weighted by Crippen LogP contribution is 2.21. The molecule has 0 bridgehead atoms. The number of rotatable bonds is 3. The molecule has 1 fully saturated rings. The van der Waals surface area contributed by atoms with Gasteiger partial charge in [-0.25, -0.2) is 9.78 Å². The van der Waals surface area contributed by atoms with Crippen LogP contribution in [0.2, 0.25) is 0 Å². The van der Waals surface area contributed by atoms with E-state index < -0.39 is 5.60 Å². The van der Waals surface area contributed by atoms with Crippen LogP contribution in [0.3, 0.4) is 0 Å². The van der Waals surface area contributed by atoms with Gasteiger partial charge in [-0.2, -0.15) is 5.26 Å². The molecule has 1 atom stereocenters. The number of nitrogens with one attached hydrogen (secondary N) is 1. The van der Waals surface area contributed by atoms with Crippen molar-refractivity contribution in [3.63, 3.8) is 0 Å². The predicted molar refractivity (Wildman–Crippen MR) is 88.0 cm³/mol. The van der Waals surface area contributed by atoms with E-state index in [1.165, 1.54) is 0 Å². The Morgan fingerprint density at radius 1 is 1.52 bits per heavy atom. The first kappa shape index (κ1) is 17.1. The van der Waals surface area contributed by atoms with Crippen molar-refractivity contribution in [2.24, 2.45) is 0 Å². The lowest BCUT2D eigenvalue weighted by Crippen LogP contribution is -2.48. The third-order valence-corrected chi connectivity index (χ3v) is 3.66. The first-order chi connectivity index (χ1) is 10.9. The van der Waals surface area contributed by atoms with Gasteiger partial charge in [-0.15, -0.1) is 0 Å². The molecule has 124 valence electrons. The Morgan fingerprint density at radius 3 is 3.00 bits per heavy atom. The highest BCUT2D eigenvalue weighted by atomic mass is 16.6. The molecule has 0 saturated carbocycles. The highest BCUT2D eigenvalue weighted by Gasteiger charge is 2.30. The highest BCUT2D eigenvalue weighted by molar-refractivity contribution is 5.68. The minimum Gasteiger partial charge on any atom is -0.444 e. The lowest BCUT2D eigenvalue weighted by Gasteiger charge is -2.36. The van der Waals surface area contributed by atoms with Gasteiger partial charge < -0.3 is 15.0 Å². The number of amides is 1. The summed E-state index contributed by atoms with van der Waals surface area (Å²) in [5.74, 6) is 0.652. The maximum atomic E-state index is 12.4. The predicted octanol–water partition coefficient (Wildman–Crippen LogP) is 3.15. The molecule has 1 amide bonds. The molecule has 2 rings (SSSR count). The molecule has 0 aliphatic carbocycles. The van der Waals surface area contributed by atoms with Crippen molar-refractivity contribution in [3.8, 4) is 6.07 Å². The number of nitriles is 1. The van der Waals surface area contributed by atoms with Crippen LogP contribution in [0.15, 0.2) is 18.3 Å². The summed E-state index contributed by atoms with van der Waals surface area (Å²) in [5, 5.41) is 12.2. The van der Waals surface area contributed by atoms with Crippen molar-refractivity contribution >= 4 is 11.9 Å². The SMILES string of the molecule is CC(C)(C)OC(=O)N1CCCC[C@@H]1CNc1cc(C#N)ccn1. The zero-order chi connectivity index (χ0) is 16.9. The van der Waals surface area contributed by atoms with Crippen LogP contribution in [0.1, 0.15) is 45.6 Å². The number of hydrogen-bond acceptors (Lipinski definition) is 5. The Hall–Kier alpha value is -2.29. The van der Waals surface area contributed by atoms with Crippen LogP contribution in [0.25, 0.3) is 0 Å². The van der Waals surface area contributed by atoms with E-state index >= 15 is 0 Å². The fourth-order valence-corrected chi connectivity index (χ4v) is 2.59. The van der Waals surface area contributed by atoms with Crippen molar-refractivity contribution in [3.05, 3.63) is 23.9 Å². The summed E-state index contributed by atoms with van der Waals surface area (Å²) in [5.41, 5.74) is 0.0741. The largest absolute Gasteiger partial charge is 0.444 e. The second-order valence-electron chi connectivity index (χ2n) is 6.75. The summed E-state index contributed by atoms with van der Waals surface area (Å²) in [7, 11) is 0. The number of anilines is 1. The molecule has 0 aromatic carbocycles. The minimum atomic E-state index is -0.491. The summed E-state index contributed by atoms with van der Waals surface area (Å²) in [6.45, 7) is 6.94. The van der Waals surface area contributed by atoms with Crippen LogP contribution in [0.4, 0.5) is 10.6 Å². The standard InChI is InChI=1S/C17H24N4O2/c1-17(2,3)23-16(22)21-9-5-4-6-14(21)12-20-15-10-13(11-18)7-8-19-15/h7-8,10,14H,4-6,9,12H2,1-3H3,(H,19,20)/t14-/m1/s1. The zero-order valence-electron chi connectivity index (χ0n) is 14.0. The second-order valence-corrected chi connectivity index (χ2v) is 6.75. The molecule has 1 aliphatic heterocycles. The van der Waals surface area contributed by atoms with E-state index in [1.54, 1.807) is 23.2 Å². The number of pyridine rings is 1. The number of ether oxygens (including phenoxy) is 1. The summed E-state index contributed by atoms with van der Waals surface area (Å²) < 4.78 is 5.50. The van der Waals surface area contributed by atoms with E-state index in [2.05, 4.69) is 16.4 Å². The van der Waals surface area contributed by atoms with E-state index in [4.69, 9.17) is 10.00 Å². The van der Waals surface area contributed by atoms with Crippen LogP contribution < -0.4 is 5.32 Å². The van der Waals surface area contributed by atoms with Crippen molar-refractivity contribution in [1.82, 2.24) is 9.88 Å². The Kier molecular flexibility index (Phi) is 5.43. The Bertz CT molecular complexity index is 589. The number of nitrogens with zero attached hydrogens (tertiary/aromatic N) is 3. The first-order valence-electron chi connectivity index (χ1n) is 7.99. The van der Waals surface area contributed by atoms with Crippen LogP contribution >= 0.6 is 0 Å². The third-order valence-electron chi connectivity index (χ3n) is 3.66. The number of hydrogen-bond donors (Lipinski definition) is 1. The van der Waals surface area contributed by atoms with Gasteiger partial charge in [0.1, 0.15) is 11.4 Å². The zero-order valence-corrected chi connectivity index (χ0v) is 14.0. The maximum absolute atomic E-state index is 12.4. The molecule has 1 N–H and O–H groups in total. The topological polar surface area (TPSA) is 78.2 Å². The summed E-state index contributed by atoms with van der Waals surface area (Å²) in [6.07, 6.45) is 4.37. The fraction of sp³-hybridized carbons (Fsp3) is 0.588. The number of likely N-dealkylation sites (tertiary alicyclic amines) is 1. The van der Waals surface area contributed by atoms with E-state index in [0.29, 0.717) is 24.5 Å². The van der Waals surface area contributed by atoms with Gasteiger partial charge in [0.2, 0.25) is 0 Å². The molecule has 1 aromatic rings. The van der Waals surface area contributed by atoms with E-state index in [1.807, 2.05) is 20.8 Å². The van der Waals surface area contributed by atoms with Crippen molar-refractivity contribution in [2.75, 3.05) is 18.4 Å². The van der Waals surface area contributed by atoms with Crippen LogP contribution in [-0.4, -0.2) is 40.7 Å². The van der Waals surface area contributed by atoms with Gasteiger partial charge in [0.25, 0.3) is 0 Å². The van der Waals surface area contributed by atoms with E-state index in [9.17, 15) is 4.79 Å². The third kappa shape index (κ3) is 5.13.